The molecule has 0 amide bonds. The van der Waals surface area contributed by atoms with Gasteiger partial charge in [-0.25, -0.2) is 4.68 Å². The highest BCUT2D eigenvalue weighted by Gasteiger charge is 2.30. The van der Waals surface area contributed by atoms with Crippen molar-refractivity contribution in [1.29, 1.82) is 5.41 Å². The molecular weight excluding hydrogens is 406 g/mol. The minimum absolute atomic E-state index is 0.0108. The lowest BCUT2D eigenvalue weighted by Crippen LogP contribution is -2.30. The number of aliphatic hydroxyl groups excluding tert-OH is 1. The van der Waals surface area contributed by atoms with Crippen molar-refractivity contribution in [1.82, 2.24) is 20.3 Å². The van der Waals surface area contributed by atoms with Crippen LogP contribution in [-0.4, -0.2) is 32.5 Å². The van der Waals surface area contributed by atoms with Crippen LogP contribution in [0.5, 0.6) is 0 Å². The van der Waals surface area contributed by atoms with Crippen molar-refractivity contribution in [3.05, 3.63) is 64.3 Å². The predicted octanol–water partition coefficient (Wildman–Crippen LogP) is 3.76. The second kappa shape index (κ2) is 8.88. The molecule has 2 atom stereocenters. The summed E-state index contributed by atoms with van der Waals surface area (Å²) in [4.78, 5) is 0. The molecule has 2 heterocycles. The Balaban J connectivity index is 1.38. The van der Waals surface area contributed by atoms with Crippen LogP contribution in [0.1, 0.15) is 78.7 Å². The van der Waals surface area contributed by atoms with E-state index in [1.807, 2.05) is 42.1 Å². The van der Waals surface area contributed by atoms with Gasteiger partial charge in [0.2, 0.25) is 5.90 Å². The molecule has 0 spiro atoms. The molecule has 0 fully saturated rings. The standard InChI is InChI=1S/C24H29N5O3/c1-2-31-23(25)15-7-5-8-16(13-15)29-20-11-6-10-19(18(20)14-26-29)27-24(30)22-17-9-3-4-12-21(17)32-28-22/h5,7-8,13-14,19,24-25,27,30H,2-4,6,9-12H2,1H3. The maximum atomic E-state index is 10.9. The summed E-state index contributed by atoms with van der Waals surface area (Å²) in [7, 11) is 0. The Morgan fingerprint density at radius 3 is 3.06 bits per heavy atom. The van der Waals surface area contributed by atoms with E-state index in [9.17, 15) is 5.11 Å². The number of nitrogens with one attached hydrogen (secondary N) is 2. The zero-order valence-electron chi connectivity index (χ0n) is 18.3. The van der Waals surface area contributed by atoms with Gasteiger partial charge in [-0.15, -0.1) is 0 Å². The fourth-order valence-corrected chi connectivity index (χ4v) is 4.85. The lowest BCUT2D eigenvalue weighted by atomic mass is 9.92. The molecule has 2 unspecified atom stereocenters. The van der Waals surface area contributed by atoms with Crippen molar-refractivity contribution in [2.45, 2.75) is 64.1 Å². The van der Waals surface area contributed by atoms with Gasteiger partial charge in [0.15, 0.2) is 6.23 Å². The fraction of sp³-hybridized carbons (Fsp3) is 0.458. The number of fused-ring (bicyclic) bond motifs is 2. The Hall–Kier alpha value is -2.97. The molecule has 2 aliphatic carbocycles. The molecule has 168 valence electrons. The maximum absolute atomic E-state index is 10.9. The Morgan fingerprint density at radius 2 is 2.19 bits per heavy atom. The first kappa shape index (κ1) is 20.9. The molecule has 32 heavy (non-hydrogen) atoms. The van der Waals surface area contributed by atoms with Crippen LogP contribution in [0.4, 0.5) is 0 Å². The molecule has 2 aromatic heterocycles. The first-order valence-corrected chi connectivity index (χ1v) is 11.5. The molecule has 2 aliphatic rings. The van der Waals surface area contributed by atoms with Gasteiger partial charge in [0, 0.05) is 34.8 Å². The van der Waals surface area contributed by atoms with E-state index < -0.39 is 6.23 Å². The maximum Gasteiger partial charge on any atom is 0.213 e. The number of rotatable bonds is 6. The lowest BCUT2D eigenvalue weighted by molar-refractivity contribution is 0.110. The quantitative estimate of drug-likeness (QED) is 0.309. The molecule has 0 saturated heterocycles. The zero-order chi connectivity index (χ0) is 22.1. The third-order valence-electron chi connectivity index (χ3n) is 6.42. The second-order valence-electron chi connectivity index (χ2n) is 8.46. The summed E-state index contributed by atoms with van der Waals surface area (Å²) in [6.45, 7) is 2.34. The molecule has 5 rings (SSSR count). The molecule has 0 saturated carbocycles. The van der Waals surface area contributed by atoms with Crippen LogP contribution in [-0.2, 0) is 24.0 Å². The Kier molecular flexibility index (Phi) is 5.80. The van der Waals surface area contributed by atoms with E-state index in [0.29, 0.717) is 12.3 Å². The molecule has 8 nitrogen and oxygen atoms in total. The Labute approximate surface area is 187 Å². The number of hydrogen-bond acceptors (Lipinski definition) is 7. The van der Waals surface area contributed by atoms with Crippen LogP contribution in [0.2, 0.25) is 0 Å². The second-order valence-corrected chi connectivity index (χ2v) is 8.46. The van der Waals surface area contributed by atoms with Crippen LogP contribution in [0.3, 0.4) is 0 Å². The van der Waals surface area contributed by atoms with Crippen LogP contribution in [0.15, 0.2) is 35.0 Å². The van der Waals surface area contributed by atoms with Gasteiger partial charge >= 0.3 is 0 Å². The van der Waals surface area contributed by atoms with Crippen molar-refractivity contribution in [3.8, 4) is 5.69 Å². The van der Waals surface area contributed by atoms with E-state index >= 15 is 0 Å². The van der Waals surface area contributed by atoms with E-state index in [2.05, 4.69) is 15.6 Å². The number of aromatic nitrogens is 3. The highest BCUT2D eigenvalue weighted by atomic mass is 16.5. The summed E-state index contributed by atoms with van der Waals surface area (Å²) in [6, 6.07) is 7.70. The minimum atomic E-state index is -0.866. The predicted molar refractivity (Wildman–Crippen MR) is 119 cm³/mol. The van der Waals surface area contributed by atoms with Crippen LogP contribution in [0, 0.1) is 5.41 Å². The number of aliphatic hydroxyl groups is 1. The van der Waals surface area contributed by atoms with Gasteiger partial charge in [0.05, 0.1) is 18.5 Å². The first-order chi connectivity index (χ1) is 15.7. The van der Waals surface area contributed by atoms with Gasteiger partial charge in [-0.2, -0.15) is 5.10 Å². The molecule has 0 bridgehead atoms. The minimum Gasteiger partial charge on any atom is -0.478 e. The average Bonchev–Trinajstić information content (AvgIpc) is 3.44. The largest absolute Gasteiger partial charge is 0.478 e. The third kappa shape index (κ3) is 3.84. The van der Waals surface area contributed by atoms with E-state index in [1.54, 1.807) is 0 Å². The lowest BCUT2D eigenvalue weighted by Gasteiger charge is -2.26. The molecule has 8 heteroatoms. The van der Waals surface area contributed by atoms with Crippen molar-refractivity contribution in [2.24, 2.45) is 0 Å². The van der Waals surface area contributed by atoms with Crippen molar-refractivity contribution in [3.63, 3.8) is 0 Å². The number of benzene rings is 1. The number of nitrogens with zero attached hydrogens (tertiary/aromatic N) is 3. The monoisotopic (exact) mass is 435 g/mol. The van der Waals surface area contributed by atoms with Gasteiger partial charge < -0.3 is 14.4 Å². The van der Waals surface area contributed by atoms with Crippen LogP contribution < -0.4 is 5.32 Å². The van der Waals surface area contributed by atoms with E-state index in [0.717, 1.165) is 78.8 Å². The Bertz CT molecular complexity index is 1120. The molecule has 3 aromatic rings. The van der Waals surface area contributed by atoms with E-state index in [1.165, 1.54) is 0 Å². The number of hydrogen-bond donors (Lipinski definition) is 3. The normalized spacial score (nSPS) is 18.6. The highest BCUT2D eigenvalue weighted by molar-refractivity contribution is 5.92. The van der Waals surface area contributed by atoms with Gasteiger partial charge in [-0.05, 0) is 63.6 Å². The summed E-state index contributed by atoms with van der Waals surface area (Å²) >= 11 is 0. The smallest absolute Gasteiger partial charge is 0.213 e. The summed E-state index contributed by atoms with van der Waals surface area (Å²) < 4.78 is 12.8. The molecule has 3 N–H and O–H groups in total. The topological polar surface area (TPSA) is 109 Å². The summed E-state index contributed by atoms with van der Waals surface area (Å²) in [6.07, 6.45) is 7.88. The van der Waals surface area contributed by atoms with Gasteiger partial charge in [-0.3, -0.25) is 10.7 Å². The zero-order valence-corrected chi connectivity index (χ0v) is 18.3. The summed E-state index contributed by atoms with van der Waals surface area (Å²) in [5, 5.41) is 31.2. The van der Waals surface area contributed by atoms with Crippen molar-refractivity contribution < 1.29 is 14.4 Å². The van der Waals surface area contributed by atoms with Gasteiger partial charge in [0.25, 0.3) is 0 Å². The first-order valence-electron chi connectivity index (χ1n) is 11.5. The van der Waals surface area contributed by atoms with Crippen molar-refractivity contribution in [2.75, 3.05) is 6.61 Å². The van der Waals surface area contributed by atoms with E-state index in [4.69, 9.17) is 14.7 Å². The molecular formula is C24H29N5O3. The molecule has 1 aromatic carbocycles. The van der Waals surface area contributed by atoms with Crippen molar-refractivity contribution >= 4 is 5.90 Å². The van der Waals surface area contributed by atoms with E-state index in [-0.39, 0.29) is 11.9 Å². The molecule has 0 aliphatic heterocycles. The fourth-order valence-electron chi connectivity index (χ4n) is 4.85. The summed E-state index contributed by atoms with van der Waals surface area (Å²) in [5.41, 5.74) is 5.55. The Morgan fingerprint density at radius 1 is 1.31 bits per heavy atom. The highest BCUT2D eigenvalue weighted by Crippen LogP contribution is 2.34. The van der Waals surface area contributed by atoms with Crippen LogP contribution >= 0.6 is 0 Å². The third-order valence-corrected chi connectivity index (χ3v) is 6.42. The number of ether oxygens (including phenoxy) is 1. The SMILES string of the molecule is CCOC(=N)c1cccc(-n2ncc3c2CCCC3NC(O)c2noc3c2CCCC3)c1. The van der Waals surface area contributed by atoms with Gasteiger partial charge in [-0.1, -0.05) is 11.2 Å². The number of aryl methyl sites for hydroxylation is 1. The molecule has 0 radical (unpaired) electrons. The van der Waals surface area contributed by atoms with Gasteiger partial charge in [0.1, 0.15) is 11.5 Å². The summed E-state index contributed by atoms with van der Waals surface area (Å²) in [5.74, 6) is 1.08. The average molecular weight is 436 g/mol. The van der Waals surface area contributed by atoms with Crippen LogP contribution in [0.25, 0.3) is 5.69 Å².